The molecular formula is C19H19F2NO6S. The molecule has 0 unspecified atom stereocenters. The highest BCUT2D eigenvalue weighted by Crippen LogP contribution is 2.34. The minimum Gasteiger partial charge on any atom is -0.481 e. The van der Waals surface area contributed by atoms with Crippen molar-refractivity contribution < 1.29 is 37.4 Å². The monoisotopic (exact) mass is 427 g/mol. The van der Waals surface area contributed by atoms with Gasteiger partial charge in [-0.1, -0.05) is 0 Å². The lowest BCUT2D eigenvalue weighted by atomic mass is 10.1. The van der Waals surface area contributed by atoms with Crippen LogP contribution >= 0.6 is 11.3 Å². The molecule has 0 saturated carbocycles. The molecule has 29 heavy (non-hydrogen) atoms. The summed E-state index contributed by atoms with van der Waals surface area (Å²) in [5, 5.41) is 2.54. The highest BCUT2D eigenvalue weighted by atomic mass is 32.1. The van der Waals surface area contributed by atoms with Gasteiger partial charge < -0.3 is 19.5 Å². The molecule has 2 aromatic rings. The van der Waals surface area contributed by atoms with Crippen molar-refractivity contribution in [2.75, 3.05) is 25.1 Å². The molecule has 0 spiro atoms. The van der Waals surface area contributed by atoms with Gasteiger partial charge in [-0.3, -0.25) is 4.79 Å². The van der Waals surface area contributed by atoms with Gasteiger partial charge in [0, 0.05) is 6.07 Å². The number of thiophene rings is 1. The molecule has 10 heteroatoms. The van der Waals surface area contributed by atoms with Gasteiger partial charge in [0.25, 0.3) is 5.91 Å². The van der Waals surface area contributed by atoms with Crippen molar-refractivity contribution in [3.8, 4) is 5.75 Å². The summed E-state index contributed by atoms with van der Waals surface area (Å²) in [5.74, 6) is -4.10. The normalized spacial score (nSPS) is 10.4. The predicted molar refractivity (Wildman–Crippen MR) is 101 cm³/mol. The van der Waals surface area contributed by atoms with Gasteiger partial charge in [0.1, 0.15) is 15.7 Å². The Labute approximate surface area is 169 Å². The third kappa shape index (κ3) is 5.50. The van der Waals surface area contributed by atoms with Crippen LogP contribution in [0.4, 0.5) is 13.8 Å². The third-order valence-corrected chi connectivity index (χ3v) is 4.78. The molecule has 1 N–H and O–H groups in total. The highest BCUT2D eigenvalue weighted by molar-refractivity contribution is 7.18. The largest absolute Gasteiger partial charge is 0.481 e. The number of hydrogen-bond acceptors (Lipinski definition) is 7. The number of nitrogens with one attached hydrogen (secondary N) is 1. The van der Waals surface area contributed by atoms with Gasteiger partial charge in [-0.15, -0.1) is 11.3 Å². The van der Waals surface area contributed by atoms with Crippen molar-refractivity contribution in [1.82, 2.24) is 0 Å². The van der Waals surface area contributed by atoms with Gasteiger partial charge in [0.05, 0.1) is 18.8 Å². The second-order valence-electron chi connectivity index (χ2n) is 5.61. The second kappa shape index (κ2) is 9.97. The van der Waals surface area contributed by atoms with Gasteiger partial charge in [-0.2, -0.15) is 0 Å². The average Bonchev–Trinajstić information content (AvgIpc) is 2.97. The fraction of sp³-hybridized carbons (Fsp3) is 0.316. The van der Waals surface area contributed by atoms with E-state index >= 15 is 0 Å². The highest BCUT2D eigenvalue weighted by Gasteiger charge is 2.27. The zero-order valence-electron chi connectivity index (χ0n) is 16.0. The minimum atomic E-state index is -0.957. The van der Waals surface area contributed by atoms with Crippen molar-refractivity contribution in [1.29, 1.82) is 0 Å². The first-order valence-corrected chi connectivity index (χ1v) is 9.45. The molecule has 0 saturated heterocycles. The Hall–Kier alpha value is -3.01. The Balaban J connectivity index is 2.20. The van der Waals surface area contributed by atoms with Crippen LogP contribution in [0.5, 0.6) is 5.75 Å². The Morgan fingerprint density at radius 1 is 1.07 bits per heavy atom. The van der Waals surface area contributed by atoms with Crippen LogP contribution < -0.4 is 10.1 Å². The summed E-state index contributed by atoms with van der Waals surface area (Å²) in [5.41, 5.74) is 0.342. The number of hydrogen-bond donors (Lipinski definition) is 1. The van der Waals surface area contributed by atoms with Crippen LogP contribution in [0.15, 0.2) is 18.2 Å². The maximum absolute atomic E-state index is 13.6. The van der Waals surface area contributed by atoms with E-state index in [9.17, 15) is 23.2 Å². The molecule has 1 heterocycles. The molecular weight excluding hydrogens is 408 g/mol. The summed E-state index contributed by atoms with van der Waals surface area (Å²) in [6, 6.07) is 2.67. The van der Waals surface area contributed by atoms with Crippen molar-refractivity contribution in [2.24, 2.45) is 0 Å². The van der Waals surface area contributed by atoms with Gasteiger partial charge in [0.15, 0.2) is 18.2 Å². The molecule has 2 rings (SSSR count). The van der Waals surface area contributed by atoms with Crippen LogP contribution in [0.2, 0.25) is 0 Å². The van der Waals surface area contributed by atoms with E-state index in [1.54, 1.807) is 13.8 Å². The summed E-state index contributed by atoms with van der Waals surface area (Å²) < 4.78 is 41.5. The quantitative estimate of drug-likeness (QED) is 0.646. The number of amides is 1. The number of carbonyl (C=O) groups excluding carboxylic acids is 3. The van der Waals surface area contributed by atoms with E-state index < -0.39 is 36.1 Å². The number of ether oxygens (including phenoxy) is 3. The number of rotatable bonds is 8. The average molecular weight is 427 g/mol. The second-order valence-corrected chi connectivity index (χ2v) is 6.63. The van der Waals surface area contributed by atoms with E-state index in [-0.39, 0.29) is 34.4 Å². The number of anilines is 1. The Bertz CT molecular complexity index is 928. The summed E-state index contributed by atoms with van der Waals surface area (Å²) in [7, 11) is 0. The molecule has 0 fully saturated rings. The van der Waals surface area contributed by atoms with Crippen LogP contribution in [0, 0.1) is 18.6 Å². The SMILES string of the molecule is CCOC(=O)c1sc(NC(=O)COc2ccc(F)cc2F)c(C(=O)OCC)c1C. The fourth-order valence-corrected chi connectivity index (χ4v) is 3.45. The predicted octanol–water partition coefficient (Wildman–Crippen LogP) is 3.71. The van der Waals surface area contributed by atoms with E-state index in [2.05, 4.69) is 5.32 Å². The molecule has 0 radical (unpaired) electrons. The fourth-order valence-electron chi connectivity index (χ4n) is 2.34. The smallest absolute Gasteiger partial charge is 0.348 e. The van der Waals surface area contributed by atoms with E-state index in [1.807, 2.05) is 0 Å². The molecule has 0 aliphatic heterocycles. The number of benzene rings is 1. The molecule has 0 aliphatic carbocycles. The third-order valence-electron chi connectivity index (χ3n) is 3.59. The first-order chi connectivity index (χ1) is 13.8. The molecule has 0 aliphatic rings. The molecule has 1 aromatic heterocycles. The number of esters is 2. The molecule has 1 amide bonds. The lowest BCUT2D eigenvalue weighted by molar-refractivity contribution is -0.118. The maximum Gasteiger partial charge on any atom is 0.348 e. The molecule has 156 valence electrons. The zero-order valence-corrected chi connectivity index (χ0v) is 16.8. The van der Waals surface area contributed by atoms with Crippen molar-refractivity contribution in [3.63, 3.8) is 0 Å². The van der Waals surface area contributed by atoms with Crippen molar-refractivity contribution in [3.05, 3.63) is 45.8 Å². The van der Waals surface area contributed by atoms with Gasteiger partial charge >= 0.3 is 11.9 Å². The minimum absolute atomic E-state index is 0.0289. The summed E-state index contributed by atoms with van der Waals surface area (Å²) >= 11 is 0.857. The molecule has 1 aromatic carbocycles. The van der Waals surface area contributed by atoms with E-state index in [4.69, 9.17) is 14.2 Å². The lowest BCUT2D eigenvalue weighted by Crippen LogP contribution is -2.21. The van der Waals surface area contributed by atoms with Crippen LogP contribution in [-0.2, 0) is 14.3 Å². The molecule has 0 atom stereocenters. The van der Waals surface area contributed by atoms with Crippen LogP contribution in [-0.4, -0.2) is 37.7 Å². The Kier molecular flexibility index (Phi) is 7.66. The van der Waals surface area contributed by atoms with Gasteiger partial charge in [-0.25, -0.2) is 18.4 Å². The summed E-state index contributed by atoms with van der Waals surface area (Å²) in [4.78, 5) is 36.7. The Morgan fingerprint density at radius 3 is 2.34 bits per heavy atom. The Morgan fingerprint density at radius 2 is 1.72 bits per heavy atom. The lowest BCUT2D eigenvalue weighted by Gasteiger charge is -2.09. The molecule has 7 nitrogen and oxygen atoms in total. The van der Waals surface area contributed by atoms with E-state index in [0.29, 0.717) is 11.6 Å². The summed E-state index contributed by atoms with van der Waals surface area (Å²) in [6.07, 6.45) is 0. The number of carbonyl (C=O) groups is 3. The topological polar surface area (TPSA) is 90.9 Å². The maximum atomic E-state index is 13.6. The first kappa shape index (κ1) is 22.3. The van der Waals surface area contributed by atoms with Gasteiger partial charge in [0.2, 0.25) is 0 Å². The van der Waals surface area contributed by atoms with Gasteiger partial charge in [-0.05, 0) is 38.5 Å². The van der Waals surface area contributed by atoms with Crippen molar-refractivity contribution >= 4 is 34.2 Å². The zero-order chi connectivity index (χ0) is 21.6. The van der Waals surface area contributed by atoms with E-state index in [1.165, 1.54) is 6.92 Å². The molecule has 0 bridgehead atoms. The summed E-state index contributed by atoms with van der Waals surface area (Å²) in [6.45, 7) is 4.44. The first-order valence-electron chi connectivity index (χ1n) is 8.63. The standard InChI is InChI=1S/C19H19F2NO6S/c1-4-26-18(24)15-10(3)16(19(25)27-5-2)29-17(15)22-14(23)9-28-13-7-6-11(20)8-12(13)21/h6-8H,4-5,9H2,1-3H3,(H,22,23). The number of halogens is 2. The van der Waals surface area contributed by atoms with Crippen LogP contribution in [0.3, 0.4) is 0 Å². The van der Waals surface area contributed by atoms with E-state index in [0.717, 1.165) is 23.5 Å². The van der Waals surface area contributed by atoms with Crippen LogP contribution in [0.1, 0.15) is 39.4 Å². The van der Waals surface area contributed by atoms with Crippen LogP contribution in [0.25, 0.3) is 0 Å². The van der Waals surface area contributed by atoms with Crippen molar-refractivity contribution in [2.45, 2.75) is 20.8 Å².